The van der Waals surface area contributed by atoms with Gasteiger partial charge in [-0.05, 0) is 85.2 Å². The Hall–Kier alpha value is -0.780. The van der Waals surface area contributed by atoms with E-state index < -0.39 is 0 Å². The summed E-state index contributed by atoms with van der Waals surface area (Å²) in [6.07, 6.45) is 33.9. The van der Waals surface area contributed by atoms with Gasteiger partial charge in [-0.15, -0.1) is 0 Å². The van der Waals surface area contributed by atoms with Gasteiger partial charge in [-0.2, -0.15) is 0 Å². The summed E-state index contributed by atoms with van der Waals surface area (Å²) in [7, 11) is 0. The summed E-state index contributed by atoms with van der Waals surface area (Å²) >= 11 is 0. The molecule has 0 bridgehead atoms. The lowest BCUT2D eigenvalue weighted by molar-refractivity contribution is 0.196. The van der Waals surface area contributed by atoms with Crippen LogP contribution < -0.4 is 0 Å². The van der Waals surface area contributed by atoms with E-state index in [1.54, 1.807) is 11.1 Å². The molecule has 1 aromatic carbocycles. The first kappa shape index (κ1) is 29.2. The summed E-state index contributed by atoms with van der Waals surface area (Å²) in [5.74, 6) is 5.87. The minimum absolute atomic E-state index is 0.832. The third-order valence-corrected chi connectivity index (χ3v) is 11.2. The highest BCUT2D eigenvalue weighted by atomic mass is 14.3. The Labute approximate surface area is 232 Å². The normalized spacial score (nSPS) is 28.3. The smallest absolute Gasteiger partial charge is 0.0162 e. The number of unbranched alkanes of at least 4 members (excludes halogenated alkanes) is 3. The number of hydrogen-bond donors (Lipinski definition) is 0. The maximum atomic E-state index is 2.54. The molecule has 3 saturated carbocycles. The minimum atomic E-state index is 0.832. The molecule has 3 aliphatic carbocycles. The van der Waals surface area contributed by atoms with Crippen molar-refractivity contribution in [2.45, 2.75) is 167 Å². The largest absolute Gasteiger partial charge is 0.0654 e. The molecular weight excluding hydrogens is 444 g/mol. The molecule has 0 amide bonds. The van der Waals surface area contributed by atoms with Crippen LogP contribution in [0.25, 0.3) is 0 Å². The van der Waals surface area contributed by atoms with Gasteiger partial charge in [0.25, 0.3) is 0 Å². The lowest BCUT2D eigenvalue weighted by atomic mass is 9.72. The van der Waals surface area contributed by atoms with E-state index >= 15 is 0 Å². The van der Waals surface area contributed by atoms with Crippen LogP contribution in [0.5, 0.6) is 0 Å². The van der Waals surface area contributed by atoms with Crippen molar-refractivity contribution in [2.75, 3.05) is 0 Å². The third kappa shape index (κ3) is 9.72. The maximum Gasteiger partial charge on any atom is -0.0162 e. The number of benzene rings is 1. The van der Waals surface area contributed by atoms with E-state index in [4.69, 9.17) is 0 Å². The van der Waals surface area contributed by atoms with Crippen LogP contribution in [0.15, 0.2) is 24.3 Å². The Balaban J connectivity index is 1.25. The molecule has 0 heteroatoms. The van der Waals surface area contributed by atoms with E-state index in [-0.39, 0.29) is 0 Å². The molecule has 210 valence electrons. The Morgan fingerprint density at radius 1 is 0.595 bits per heavy atom. The van der Waals surface area contributed by atoms with Crippen molar-refractivity contribution in [1.82, 2.24) is 0 Å². The molecular formula is C37H62. The molecule has 0 nitrogen and oxygen atoms in total. The topological polar surface area (TPSA) is 0 Å². The van der Waals surface area contributed by atoms with E-state index in [9.17, 15) is 0 Å². The van der Waals surface area contributed by atoms with Gasteiger partial charge in [0.2, 0.25) is 0 Å². The van der Waals surface area contributed by atoms with Crippen LogP contribution in [0.4, 0.5) is 0 Å². The zero-order valence-electron chi connectivity index (χ0n) is 25.0. The standard InChI is InChI=1S/C37H62/c1-3-5-8-12-31-19-24-35(25-20-31)36-26-22-33(23-27-36)29-37(34-13-9-7-10-14-34)28-21-32-17-15-30(16-18-32)11-6-4-2/h22-23,26-27,30-32,34-35,37H,3-21,24-25,28-29H2,1-2H3. The predicted octanol–water partition coefficient (Wildman–Crippen LogP) is 12.1. The molecule has 0 saturated heterocycles. The molecule has 4 rings (SSSR count). The first-order valence-corrected chi connectivity index (χ1v) is 17.3. The van der Waals surface area contributed by atoms with Crippen LogP contribution in [0.3, 0.4) is 0 Å². The van der Waals surface area contributed by atoms with Gasteiger partial charge in [0, 0.05) is 0 Å². The van der Waals surface area contributed by atoms with Gasteiger partial charge in [-0.3, -0.25) is 0 Å². The lowest BCUT2D eigenvalue weighted by Gasteiger charge is -2.33. The minimum Gasteiger partial charge on any atom is -0.0654 e. The first-order chi connectivity index (χ1) is 18.2. The maximum absolute atomic E-state index is 2.54. The van der Waals surface area contributed by atoms with E-state index in [0.717, 1.165) is 35.5 Å². The molecule has 1 atom stereocenters. The Morgan fingerprint density at radius 2 is 1.16 bits per heavy atom. The van der Waals surface area contributed by atoms with Crippen molar-refractivity contribution >= 4 is 0 Å². The zero-order chi connectivity index (χ0) is 25.7. The van der Waals surface area contributed by atoms with Crippen molar-refractivity contribution in [2.24, 2.45) is 29.6 Å². The van der Waals surface area contributed by atoms with Crippen molar-refractivity contribution in [3.63, 3.8) is 0 Å². The fourth-order valence-corrected chi connectivity index (χ4v) is 8.56. The number of hydrogen-bond acceptors (Lipinski definition) is 0. The SMILES string of the molecule is CCCCCC1CCC(c2ccc(CC(CCC3CCC(CCCC)CC3)C3CCCCC3)cc2)CC1. The lowest BCUT2D eigenvalue weighted by Crippen LogP contribution is -2.22. The van der Waals surface area contributed by atoms with E-state index in [1.165, 1.54) is 148 Å². The van der Waals surface area contributed by atoms with Crippen molar-refractivity contribution in [1.29, 1.82) is 0 Å². The highest BCUT2D eigenvalue weighted by Gasteiger charge is 2.27. The molecule has 1 aromatic rings. The summed E-state index contributed by atoms with van der Waals surface area (Å²) in [5, 5.41) is 0. The van der Waals surface area contributed by atoms with Crippen LogP contribution in [-0.2, 0) is 6.42 Å². The van der Waals surface area contributed by atoms with E-state index in [2.05, 4.69) is 38.1 Å². The average molecular weight is 507 g/mol. The third-order valence-electron chi connectivity index (χ3n) is 11.2. The van der Waals surface area contributed by atoms with Gasteiger partial charge in [0.05, 0.1) is 0 Å². The monoisotopic (exact) mass is 506 g/mol. The predicted molar refractivity (Wildman–Crippen MR) is 163 cm³/mol. The Bertz CT molecular complexity index is 694. The van der Waals surface area contributed by atoms with Gasteiger partial charge < -0.3 is 0 Å². The fourth-order valence-electron chi connectivity index (χ4n) is 8.56. The molecule has 37 heavy (non-hydrogen) atoms. The van der Waals surface area contributed by atoms with Gasteiger partial charge in [0.1, 0.15) is 0 Å². The second-order valence-corrected chi connectivity index (χ2v) is 13.9. The van der Waals surface area contributed by atoms with Gasteiger partial charge >= 0.3 is 0 Å². The zero-order valence-corrected chi connectivity index (χ0v) is 25.0. The molecule has 0 aliphatic heterocycles. The average Bonchev–Trinajstić information content (AvgIpc) is 2.96. The van der Waals surface area contributed by atoms with Crippen molar-refractivity contribution in [3.05, 3.63) is 35.4 Å². The van der Waals surface area contributed by atoms with Gasteiger partial charge in [0.15, 0.2) is 0 Å². The molecule has 1 unspecified atom stereocenters. The van der Waals surface area contributed by atoms with Gasteiger partial charge in [-0.25, -0.2) is 0 Å². The molecule has 3 fully saturated rings. The van der Waals surface area contributed by atoms with Gasteiger partial charge in [-0.1, -0.05) is 147 Å². The molecule has 0 heterocycles. The first-order valence-electron chi connectivity index (χ1n) is 17.3. The Morgan fingerprint density at radius 3 is 1.78 bits per heavy atom. The van der Waals surface area contributed by atoms with Crippen LogP contribution in [-0.4, -0.2) is 0 Å². The summed E-state index contributed by atoms with van der Waals surface area (Å²) in [5.41, 5.74) is 3.28. The van der Waals surface area contributed by atoms with Crippen LogP contribution >= 0.6 is 0 Å². The molecule has 3 aliphatic rings. The fraction of sp³-hybridized carbons (Fsp3) is 0.838. The molecule has 0 radical (unpaired) electrons. The molecule has 0 spiro atoms. The van der Waals surface area contributed by atoms with E-state index in [1.807, 2.05) is 0 Å². The second-order valence-electron chi connectivity index (χ2n) is 13.9. The molecule has 0 N–H and O–H groups in total. The summed E-state index contributed by atoms with van der Waals surface area (Å²) in [6.45, 7) is 4.68. The summed E-state index contributed by atoms with van der Waals surface area (Å²) in [4.78, 5) is 0. The highest BCUT2D eigenvalue weighted by Crippen LogP contribution is 2.40. The van der Waals surface area contributed by atoms with Crippen LogP contribution in [0, 0.1) is 29.6 Å². The Kier molecular flexibility index (Phi) is 12.9. The quantitative estimate of drug-likeness (QED) is 0.220. The second kappa shape index (κ2) is 16.4. The molecule has 0 aromatic heterocycles. The highest BCUT2D eigenvalue weighted by molar-refractivity contribution is 5.26. The van der Waals surface area contributed by atoms with Crippen molar-refractivity contribution < 1.29 is 0 Å². The van der Waals surface area contributed by atoms with Crippen molar-refractivity contribution in [3.8, 4) is 0 Å². The van der Waals surface area contributed by atoms with E-state index in [0.29, 0.717) is 0 Å². The number of rotatable bonds is 14. The summed E-state index contributed by atoms with van der Waals surface area (Å²) in [6, 6.07) is 10.1. The van der Waals surface area contributed by atoms with Crippen LogP contribution in [0.1, 0.15) is 172 Å². The van der Waals surface area contributed by atoms with Crippen LogP contribution in [0.2, 0.25) is 0 Å². The summed E-state index contributed by atoms with van der Waals surface area (Å²) < 4.78 is 0.